The third-order valence-corrected chi connectivity index (χ3v) is 3.61. The Morgan fingerprint density at radius 1 is 1.15 bits per heavy atom. The molecule has 0 radical (unpaired) electrons. The van der Waals surface area contributed by atoms with Crippen LogP contribution in [0.4, 0.5) is 18.9 Å². The van der Waals surface area contributed by atoms with E-state index >= 15 is 0 Å². The topological polar surface area (TPSA) is 68.0 Å². The van der Waals surface area contributed by atoms with Crippen LogP contribution < -0.4 is 5.32 Å². The molecule has 0 saturated carbocycles. The van der Waals surface area contributed by atoms with Crippen LogP contribution >= 0.6 is 11.6 Å². The zero-order chi connectivity index (χ0) is 18.7. The van der Waals surface area contributed by atoms with E-state index in [4.69, 9.17) is 11.6 Å². The minimum atomic E-state index is -4.67. The SMILES string of the molecule is O=C(Nc1cccc(Cl)c1)c1ccc(Cc2noc(C(F)(F)F)n2)cc1. The molecule has 0 atom stereocenters. The summed E-state index contributed by atoms with van der Waals surface area (Å²) in [4.78, 5) is 15.5. The largest absolute Gasteiger partial charge is 0.471 e. The number of alkyl halides is 3. The molecule has 26 heavy (non-hydrogen) atoms. The molecule has 0 aliphatic heterocycles. The minimum Gasteiger partial charge on any atom is -0.329 e. The van der Waals surface area contributed by atoms with Crippen molar-refractivity contribution in [2.75, 3.05) is 5.32 Å². The first-order chi connectivity index (χ1) is 12.3. The zero-order valence-corrected chi connectivity index (χ0v) is 13.8. The molecule has 0 aliphatic rings. The lowest BCUT2D eigenvalue weighted by molar-refractivity contribution is -0.159. The van der Waals surface area contributed by atoms with Crippen LogP contribution in [0.2, 0.25) is 5.02 Å². The summed E-state index contributed by atoms with van der Waals surface area (Å²) in [5.74, 6) is -1.81. The molecule has 1 aromatic heterocycles. The summed E-state index contributed by atoms with van der Waals surface area (Å²) >= 11 is 5.86. The first-order valence-electron chi connectivity index (χ1n) is 7.37. The Balaban J connectivity index is 1.66. The number of hydrogen-bond acceptors (Lipinski definition) is 4. The fourth-order valence-electron chi connectivity index (χ4n) is 2.17. The fourth-order valence-corrected chi connectivity index (χ4v) is 2.36. The third-order valence-electron chi connectivity index (χ3n) is 3.37. The number of carbonyl (C=O) groups is 1. The highest BCUT2D eigenvalue weighted by Gasteiger charge is 2.38. The quantitative estimate of drug-likeness (QED) is 0.718. The van der Waals surface area contributed by atoms with Crippen LogP contribution in [0, 0.1) is 0 Å². The Hall–Kier alpha value is -2.87. The Kier molecular flexibility index (Phi) is 4.94. The maximum atomic E-state index is 12.4. The second kappa shape index (κ2) is 7.17. The van der Waals surface area contributed by atoms with Gasteiger partial charge in [-0.25, -0.2) is 0 Å². The van der Waals surface area contributed by atoms with E-state index in [1.807, 2.05) is 0 Å². The van der Waals surface area contributed by atoms with Gasteiger partial charge >= 0.3 is 12.1 Å². The molecule has 3 aromatic rings. The van der Waals surface area contributed by atoms with E-state index in [1.165, 1.54) is 0 Å². The number of aromatic nitrogens is 2. The van der Waals surface area contributed by atoms with Crippen LogP contribution in [0.25, 0.3) is 0 Å². The lowest BCUT2D eigenvalue weighted by atomic mass is 10.1. The Labute approximate surface area is 150 Å². The first-order valence-corrected chi connectivity index (χ1v) is 7.75. The van der Waals surface area contributed by atoms with Crippen molar-refractivity contribution < 1.29 is 22.5 Å². The average molecular weight is 382 g/mol. The maximum absolute atomic E-state index is 12.4. The van der Waals surface area contributed by atoms with Crippen LogP contribution in [0.1, 0.15) is 27.6 Å². The molecule has 0 fully saturated rings. The smallest absolute Gasteiger partial charge is 0.329 e. The zero-order valence-electron chi connectivity index (χ0n) is 13.0. The van der Waals surface area contributed by atoms with E-state index in [-0.39, 0.29) is 18.2 Å². The van der Waals surface area contributed by atoms with Gasteiger partial charge in [0.2, 0.25) is 0 Å². The summed E-state index contributed by atoms with van der Waals surface area (Å²) in [5, 5.41) is 6.50. The predicted octanol–water partition coefficient (Wildman–Crippen LogP) is 4.58. The molecule has 0 spiro atoms. The predicted molar refractivity (Wildman–Crippen MR) is 88.0 cm³/mol. The molecule has 0 bridgehead atoms. The van der Waals surface area contributed by atoms with Crippen molar-refractivity contribution in [2.45, 2.75) is 12.6 Å². The highest BCUT2D eigenvalue weighted by molar-refractivity contribution is 6.30. The van der Waals surface area contributed by atoms with Crippen molar-refractivity contribution >= 4 is 23.2 Å². The van der Waals surface area contributed by atoms with Crippen molar-refractivity contribution in [1.29, 1.82) is 0 Å². The fraction of sp³-hybridized carbons (Fsp3) is 0.118. The normalized spacial score (nSPS) is 11.4. The summed E-state index contributed by atoms with van der Waals surface area (Å²) in [6.45, 7) is 0. The van der Waals surface area contributed by atoms with Crippen molar-refractivity contribution in [1.82, 2.24) is 10.1 Å². The van der Waals surface area contributed by atoms with Gasteiger partial charge in [-0.3, -0.25) is 4.79 Å². The van der Waals surface area contributed by atoms with E-state index in [2.05, 4.69) is 20.0 Å². The molecular formula is C17H11ClF3N3O2. The standard InChI is InChI=1S/C17H11ClF3N3O2/c18-12-2-1-3-13(9-12)22-15(25)11-6-4-10(5-7-11)8-14-23-16(26-24-14)17(19,20)21/h1-7,9H,8H2,(H,22,25). The van der Waals surface area contributed by atoms with Gasteiger partial charge in [-0.05, 0) is 35.9 Å². The summed E-state index contributed by atoms with van der Waals surface area (Å²) in [7, 11) is 0. The van der Waals surface area contributed by atoms with Gasteiger partial charge in [0.15, 0.2) is 5.82 Å². The van der Waals surface area contributed by atoms with Gasteiger partial charge in [-0.15, -0.1) is 0 Å². The second-order valence-corrected chi connectivity index (χ2v) is 5.79. The third kappa shape index (κ3) is 4.40. The molecule has 134 valence electrons. The monoisotopic (exact) mass is 381 g/mol. The van der Waals surface area contributed by atoms with E-state index in [1.54, 1.807) is 48.5 Å². The van der Waals surface area contributed by atoms with Crippen molar-refractivity contribution in [3.8, 4) is 0 Å². The van der Waals surface area contributed by atoms with Gasteiger partial charge < -0.3 is 9.84 Å². The average Bonchev–Trinajstić information content (AvgIpc) is 3.04. The van der Waals surface area contributed by atoms with Crippen LogP contribution in [0.3, 0.4) is 0 Å². The molecule has 0 unspecified atom stereocenters. The van der Waals surface area contributed by atoms with E-state index in [9.17, 15) is 18.0 Å². The summed E-state index contributed by atoms with van der Waals surface area (Å²) in [6, 6.07) is 13.0. The summed E-state index contributed by atoms with van der Waals surface area (Å²) < 4.78 is 41.5. The van der Waals surface area contributed by atoms with Gasteiger partial charge in [0.05, 0.1) is 0 Å². The molecule has 2 aromatic carbocycles. The minimum absolute atomic E-state index is 0.0514. The molecule has 3 rings (SSSR count). The van der Waals surface area contributed by atoms with E-state index in [0.717, 1.165) is 0 Å². The van der Waals surface area contributed by atoms with Gasteiger partial charge in [-0.1, -0.05) is 35.0 Å². The van der Waals surface area contributed by atoms with Gasteiger partial charge in [0.25, 0.3) is 5.91 Å². The molecule has 9 heteroatoms. The van der Waals surface area contributed by atoms with Crippen molar-refractivity contribution in [3.05, 3.63) is 76.4 Å². The number of rotatable bonds is 4. The Morgan fingerprint density at radius 3 is 2.50 bits per heavy atom. The maximum Gasteiger partial charge on any atom is 0.471 e. The lowest BCUT2D eigenvalue weighted by Gasteiger charge is -2.06. The number of amides is 1. The van der Waals surface area contributed by atoms with Crippen LogP contribution in [-0.2, 0) is 12.6 Å². The molecule has 1 amide bonds. The number of nitrogens with one attached hydrogen (secondary N) is 1. The molecule has 0 saturated heterocycles. The summed E-state index contributed by atoms with van der Waals surface area (Å²) in [6.07, 6.45) is -4.62. The lowest BCUT2D eigenvalue weighted by Crippen LogP contribution is -2.11. The van der Waals surface area contributed by atoms with E-state index in [0.29, 0.717) is 21.8 Å². The first kappa shape index (κ1) is 17.9. The van der Waals surface area contributed by atoms with Crippen molar-refractivity contribution in [3.63, 3.8) is 0 Å². The number of carbonyl (C=O) groups excluding carboxylic acids is 1. The highest BCUT2D eigenvalue weighted by Crippen LogP contribution is 2.27. The number of anilines is 1. The Morgan fingerprint density at radius 2 is 1.88 bits per heavy atom. The summed E-state index contributed by atoms with van der Waals surface area (Å²) in [5.41, 5.74) is 1.58. The highest BCUT2D eigenvalue weighted by atomic mass is 35.5. The molecule has 1 heterocycles. The molecule has 5 nitrogen and oxygen atoms in total. The number of halogens is 4. The van der Waals surface area contributed by atoms with Gasteiger partial charge in [0.1, 0.15) is 0 Å². The van der Waals surface area contributed by atoms with E-state index < -0.39 is 12.1 Å². The van der Waals surface area contributed by atoms with Crippen LogP contribution in [0.15, 0.2) is 53.1 Å². The van der Waals surface area contributed by atoms with Gasteiger partial charge in [-0.2, -0.15) is 18.2 Å². The van der Waals surface area contributed by atoms with Crippen LogP contribution in [-0.4, -0.2) is 16.0 Å². The number of benzene rings is 2. The second-order valence-electron chi connectivity index (χ2n) is 5.35. The van der Waals surface area contributed by atoms with Gasteiger partial charge in [0, 0.05) is 22.7 Å². The molecule has 1 N–H and O–H groups in total. The molecular weight excluding hydrogens is 371 g/mol. The van der Waals surface area contributed by atoms with Crippen molar-refractivity contribution in [2.24, 2.45) is 0 Å². The molecule has 0 aliphatic carbocycles. The number of nitrogens with zero attached hydrogens (tertiary/aromatic N) is 2. The Bertz CT molecular complexity index is 924. The van der Waals surface area contributed by atoms with Crippen LogP contribution in [0.5, 0.6) is 0 Å². The number of hydrogen-bond donors (Lipinski definition) is 1.